The van der Waals surface area contributed by atoms with Crippen molar-refractivity contribution in [1.82, 2.24) is 0 Å². The molecular weight excluding hydrogens is 324 g/mol. The fraction of sp³-hybridized carbons (Fsp3) is 0. The summed E-state index contributed by atoms with van der Waals surface area (Å²) in [6.07, 6.45) is 0. The molecule has 4 rings (SSSR count). The number of hydrogen-bond acceptors (Lipinski definition) is 3. The molecule has 124 valence electrons. The lowest BCUT2D eigenvalue weighted by Crippen LogP contribution is -2.07. The van der Waals surface area contributed by atoms with E-state index in [1.54, 1.807) is 6.07 Å². The quantitative estimate of drug-likeness (QED) is 0.382. The van der Waals surface area contributed by atoms with E-state index in [0.29, 0.717) is 22.5 Å². The lowest BCUT2D eigenvalue weighted by Gasteiger charge is -2.10. The van der Waals surface area contributed by atoms with Gasteiger partial charge in [0.05, 0.1) is 5.39 Å². The molecule has 0 amide bonds. The first-order chi connectivity index (χ1) is 12.8. The molecule has 0 unspecified atom stereocenters. The number of para-hydroxylation sites is 2. The van der Waals surface area contributed by atoms with Gasteiger partial charge in [0.15, 0.2) is 11.3 Å². The molecule has 1 aromatic heterocycles. The zero-order valence-corrected chi connectivity index (χ0v) is 13.8. The fourth-order valence-electron chi connectivity index (χ4n) is 2.60. The zero-order valence-electron chi connectivity index (χ0n) is 13.8. The maximum atomic E-state index is 12.5. The summed E-state index contributed by atoms with van der Waals surface area (Å²) >= 11 is 0. The summed E-state index contributed by atoms with van der Waals surface area (Å²) in [7, 11) is 0. The van der Waals surface area contributed by atoms with Gasteiger partial charge >= 0.3 is 5.63 Å². The van der Waals surface area contributed by atoms with E-state index < -0.39 is 5.63 Å². The molecule has 0 radical (unpaired) electrons. The summed E-state index contributed by atoms with van der Waals surface area (Å²) in [4.78, 5) is 12.5. The molecule has 0 atom stereocenters. The maximum absolute atomic E-state index is 12.5. The van der Waals surface area contributed by atoms with Crippen molar-refractivity contribution in [1.29, 1.82) is 0 Å². The van der Waals surface area contributed by atoms with Crippen molar-refractivity contribution in [3.05, 3.63) is 106 Å². The Kier molecular flexibility index (Phi) is 4.24. The minimum Gasteiger partial charge on any atom is -0.455 e. The molecule has 0 bridgehead atoms. The van der Waals surface area contributed by atoms with Gasteiger partial charge in [-0.15, -0.1) is 0 Å². The smallest absolute Gasteiger partial charge is 0.356 e. The molecule has 4 aromatic rings. The third-order valence-corrected chi connectivity index (χ3v) is 3.83. The molecule has 3 aromatic carbocycles. The van der Waals surface area contributed by atoms with Crippen LogP contribution in [0.25, 0.3) is 11.0 Å². The Morgan fingerprint density at radius 3 is 2.15 bits per heavy atom. The van der Waals surface area contributed by atoms with E-state index in [-0.39, 0.29) is 5.56 Å². The highest BCUT2D eigenvalue weighted by Crippen LogP contribution is 2.31. The Morgan fingerprint density at radius 1 is 0.731 bits per heavy atom. The molecule has 3 heteroatoms. The molecule has 0 aliphatic carbocycles. The minimum atomic E-state index is -0.516. The molecule has 0 spiro atoms. The Bertz CT molecular complexity index is 1160. The summed E-state index contributed by atoms with van der Waals surface area (Å²) in [5.74, 6) is 6.97. The van der Waals surface area contributed by atoms with Crippen molar-refractivity contribution in [3.8, 4) is 23.3 Å². The van der Waals surface area contributed by atoms with Gasteiger partial charge in [-0.2, -0.15) is 0 Å². The first-order valence-electron chi connectivity index (χ1n) is 8.17. The van der Waals surface area contributed by atoms with Crippen LogP contribution < -0.4 is 10.4 Å². The van der Waals surface area contributed by atoms with Crippen molar-refractivity contribution in [2.45, 2.75) is 0 Å². The normalized spacial score (nSPS) is 10.2. The van der Waals surface area contributed by atoms with E-state index in [9.17, 15) is 4.79 Å². The molecular formula is C23H14O3. The standard InChI is InChI=1S/C23H14O3/c24-23-20(16-15-17-9-3-1-4-10-17)22(25-18-11-5-2-6-12-18)19-13-7-8-14-21(19)26-23/h1-14H. The third-order valence-electron chi connectivity index (χ3n) is 3.83. The highest BCUT2D eigenvalue weighted by molar-refractivity contribution is 5.86. The minimum absolute atomic E-state index is 0.205. The Labute approximate surface area is 150 Å². The van der Waals surface area contributed by atoms with Crippen molar-refractivity contribution < 1.29 is 9.15 Å². The van der Waals surface area contributed by atoms with Crippen LogP contribution in [0.15, 0.2) is 94.1 Å². The predicted octanol–water partition coefficient (Wildman–Crippen LogP) is 4.99. The number of fused-ring (bicyclic) bond motifs is 1. The van der Waals surface area contributed by atoms with Gasteiger partial charge in [0.1, 0.15) is 11.3 Å². The topological polar surface area (TPSA) is 39.4 Å². The van der Waals surface area contributed by atoms with Crippen LogP contribution in [0.1, 0.15) is 11.1 Å². The summed E-state index contributed by atoms with van der Waals surface area (Å²) in [5.41, 5.74) is 0.967. The van der Waals surface area contributed by atoms with E-state index >= 15 is 0 Å². The van der Waals surface area contributed by atoms with Crippen LogP contribution in [0.4, 0.5) is 0 Å². The highest BCUT2D eigenvalue weighted by Gasteiger charge is 2.15. The molecule has 0 aliphatic rings. The van der Waals surface area contributed by atoms with Gasteiger partial charge in [-0.25, -0.2) is 4.79 Å². The van der Waals surface area contributed by atoms with Gasteiger partial charge in [-0.05, 0) is 36.4 Å². The summed E-state index contributed by atoms with van der Waals surface area (Å²) < 4.78 is 11.5. The van der Waals surface area contributed by atoms with Crippen LogP contribution in [0.3, 0.4) is 0 Å². The van der Waals surface area contributed by atoms with Gasteiger partial charge in [0.25, 0.3) is 0 Å². The molecule has 3 nitrogen and oxygen atoms in total. The van der Waals surface area contributed by atoms with Gasteiger partial charge in [0, 0.05) is 5.56 Å². The highest BCUT2D eigenvalue weighted by atomic mass is 16.5. The molecule has 26 heavy (non-hydrogen) atoms. The molecule has 1 heterocycles. The van der Waals surface area contributed by atoms with E-state index in [0.717, 1.165) is 5.56 Å². The molecule has 0 saturated heterocycles. The largest absolute Gasteiger partial charge is 0.455 e. The zero-order chi connectivity index (χ0) is 17.8. The predicted molar refractivity (Wildman–Crippen MR) is 101 cm³/mol. The van der Waals surface area contributed by atoms with Crippen LogP contribution in [-0.2, 0) is 0 Å². The fourth-order valence-corrected chi connectivity index (χ4v) is 2.60. The third kappa shape index (κ3) is 3.22. The van der Waals surface area contributed by atoms with Gasteiger partial charge < -0.3 is 9.15 Å². The molecule has 0 aliphatic heterocycles. The van der Waals surface area contributed by atoms with Crippen molar-refractivity contribution in [3.63, 3.8) is 0 Å². The van der Waals surface area contributed by atoms with Crippen LogP contribution in [-0.4, -0.2) is 0 Å². The summed E-state index contributed by atoms with van der Waals surface area (Å²) in [5, 5.41) is 0.702. The van der Waals surface area contributed by atoms with Gasteiger partial charge in [-0.1, -0.05) is 60.4 Å². The van der Waals surface area contributed by atoms with Crippen molar-refractivity contribution in [2.24, 2.45) is 0 Å². The summed E-state index contributed by atoms with van der Waals surface area (Å²) in [6.45, 7) is 0. The van der Waals surface area contributed by atoms with E-state index in [2.05, 4.69) is 11.8 Å². The maximum Gasteiger partial charge on any atom is 0.356 e. The Hall–Kier alpha value is -3.77. The number of rotatable bonds is 2. The van der Waals surface area contributed by atoms with Crippen LogP contribution in [0, 0.1) is 11.8 Å². The second-order valence-electron chi connectivity index (χ2n) is 5.62. The molecule has 0 saturated carbocycles. The number of hydrogen-bond donors (Lipinski definition) is 0. The Balaban J connectivity index is 1.91. The molecule has 0 fully saturated rings. The van der Waals surface area contributed by atoms with Crippen molar-refractivity contribution in [2.75, 3.05) is 0 Å². The van der Waals surface area contributed by atoms with Crippen LogP contribution >= 0.6 is 0 Å². The van der Waals surface area contributed by atoms with Crippen molar-refractivity contribution >= 4 is 11.0 Å². The van der Waals surface area contributed by atoms with Gasteiger partial charge in [0.2, 0.25) is 0 Å². The lowest BCUT2D eigenvalue weighted by molar-refractivity contribution is 0.472. The summed E-state index contributed by atoms with van der Waals surface area (Å²) in [6, 6.07) is 26.1. The van der Waals surface area contributed by atoms with E-state index in [1.165, 1.54) is 0 Å². The average Bonchev–Trinajstić information content (AvgIpc) is 2.69. The second kappa shape index (κ2) is 7.00. The molecule has 0 N–H and O–H groups in total. The van der Waals surface area contributed by atoms with E-state index in [4.69, 9.17) is 9.15 Å². The van der Waals surface area contributed by atoms with Gasteiger partial charge in [-0.3, -0.25) is 0 Å². The first kappa shape index (κ1) is 15.7. The van der Waals surface area contributed by atoms with E-state index in [1.807, 2.05) is 78.9 Å². The lowest BCUT2D eigenvalue weighted by atomic mass is 10.1. The number of ether oxygens (including phenoxy) is 1. The monoisotopic (exact) mass is 338 g/mol. The van der Waals surface area contributed by atoms with Crippen LogP contribution in [0.2, 0.25) is 0 Å². The van der Waals surface area contributed by atoms with Crippen LogP contribution in [0.5, 0.6) is 11.5 Å². The first-order valence-corrected chi connectivity index (χ1v) is 8.17. The Morgan fingerprint density at radius 2 is 1.38 bits per heavy atom. The SMILES string of the molecule is O=c1oc2ccccc2c(Oc2ccccc2)c1C#Cc1ccccc1. The average molecular weight is 338 g/mol. The second-order valence-corrected chi connectivity index (χ2v) is 5.62. The number of benzene rings is 3.